The van der Waals surface area contributed by atoms with Gasteiger partial charge in [-0.25, -0.2) is 9.59 Å². The summed E-state index contributed by atoms with van der Waals surface area (Å²) in [4.78, 5) is 36.2. The molecule has 2 aromatic carbocycles. The molecular formula is C21H23NO5. The molecule has 2 rings (SSSR count). The molecular weight excluding hydrogens is 346 g/mol. The quantitative estimate of drug-likeness (QED) is 0.758. The predicted molar refractivity (Wildman–Crippen MR) is 100 cm³/mol. The van der Waals surface area contributed by atoms with Crippen molar-refractivity contribution < 1.29 is 23.9 Å². The van der Waals surface area contributed by atoms with E-state index in [0.29, 0.717) is 5.56 Å². The second-order valence-corrected chi connectivity index (χ2v) is 6.23. The molecule has 142 valence electrons. The highest BCUT2D eigenvalue weighted by Crippen LogP contribution is 2.12. The largest absolute Gasteiger partial charge is 0.467 e. The molecule has 0 aliphatic heterocycles. The standard InChI is InChI=1S/C21H23NO5/c1-14-9-10-17(15(2)11-14)20(24)27-13-19(23)22-18(21(25)26-3)12-16-7-5-4-6-8-16/h4-11,18H,12-13H2,1-3H3,(H,22,23)/t18-/m0/s1. The molecule has 0 aromatic heterocycles. The zero-order valence-corrected chi connectivity index (χ0v) is 15.7. The van der Waals surface area contributed by atoms with Crippen LogP contribution in [0.15, 0.2) is 48.5 Å². The van der Waals surface area contributed by atoms with Gasteiger partial charge in [-0.1, -0.05) is 48.0 Å². The lowest BCUT2D eigenvalue weighted by Gasteiger charge is -2.16. The second kappa shape index (κ2) is 9.52. The van der Waals surface area contributed by atoms with Crippen LogP contribution < -0.4 is 5.32 Å². The molecule has 0 spiro atoms. The molecule has 1 atom stereocenters. The summed E-state index contributed by atoms with van der Waals surface area (Å²) in [6.07, 6.45) is 0.282. The van der Waals surface area contributed by atoms with Crippen LogP contribution in [0.4, 0.5) is 0 Å². The fourth-order valence-electron chi connectivity index (χ4n) is 2.67. The third-order valence-corrected chi connectivity index (χ3v) is 4.04. The zero-order chi connectivity index (χ0) is 19.8. The third kappa shape index (κ3) is 5.95. The van der Waals surface area contributed by atoms with E-state index in [2.05, 4.69) is 5.32 Å². The molecule has 6 heteroatoms. The van der Waals surface area contributed by atoms with Crippen LogP contribution in [-0.2, 0) is 25.5 Å². The Balaban J connectivity index is 1.94. The first-order valence-electron chi connectivity index (χ1n) is 8.56. The Kier molecular flexibility index (Phi) is 7.11. The predicted octanol–water partition coefficient (Wildman–Crippen LogP) is 2.36. The van der Waals surface area contributed by atoms with Gasteiger partial charge in [-0.05, 0) is 31.0 Å². The van der Waals surface area contributed by atoms with E-state index in [4.69, 9.17) is 9.47 Å². The van der Waals surface area contributed by atoms with Gasteiger partial charge in [0.05, 0.1) is 12.7 Å². The molecule has 0 unspecified atom stereocenters. The van der Waals surface area contributed by atoms with Crippen LogP contribution in [0.1, 0.15) is 27.0 Å². The van der Waals surface area contributed by atoms with E-state index in [-0.39, 0.29) is 6.42 Å². The van der Waals surface area contributed by atoms with E-state index < -0.39 is 30.5 Å². The Morgan fingerprint density at radius 3 is 2.37 bits per heavy atom. The lowest BCUT2D eigenvalue weighted by Crippen LogP contribution is -2.44. The molecule has 0 aliphatic rings. The van der Waals surface area contributed by atoms with E-state index in [1.807, 2.05) is 43.3 Å². The van der Waals surface area contributed by atoms with Crippen molar-refractivity contribution in [1.82, 2.24) is 5.32 Å². The number of carbonyl (C=O) groups is 3. The minimum atomic E-state index is -0.857. The van der Waals surface area contributed by atoms with E-state index in [9.17, 15) is 14.4 Å². The number of esters is 2. The second-order valence-electron chi connectivity index (χ2n) is 6.23. The molecule has 27 heavy (non-hydrogen) atoms. The van der Waals surface area contributed by atoms with Crippen molar-refractivity contribution in [2.24, 2.45) is 0 Å². The van der Waals surface area contributed by atoms with Gasteiger partial charge in [0, 0.05) is 6.42 Å². The van der Waals surface area contributed by atoms with Crippen LogP contribution in [0.5, 0.6) is 0 Å². The van der Waals surface area contributed by atoms with E-state index in [1.54, 1.807) is 19.1 Å². The molecule has 0 fully saturated rings. The van der Waals surface area contributed by atoms with Crippen LogP contribution in [-0.4, -0.2) is 37.6 Å². The number of carbonyl (C=O) groups excluding carboxylic acids is 3. The first kappa shape index (κ1) is 20.2. The maximum atomic E-state index is 12.2. The number of aryl methyl sites for hydroxylation is 2. The minimum Gasteiger partial charge on any atom is -0.467 e. The number of amides is 1. The average molecular weight is 369 g/mol. The average Bonchev–Trinajstić information content (AvgIpc) is 2.65. The summed E-state index contributed by atoms with van der Waals surface area (Å²) in [6, 6.07) is 13.7. The summed E-state index contributed by atoms with van der Waals surface area (Å²) < 4.78 is 9.82. The van der Waals surface area contributed by atoms with Crippen LogP contribution in [0.25, 0.3) is 0 Å². The highest BCUT2D eigenvalue weighted by molar-refractivity contribution is 5.93. The molecule has 0 saturated carbocycles. The van der Waals surface area contributed by atoms with Crippen LogP contribution >= 0.6 is 0 Å². The Labute approximate surface area is 158 Å². The first-order chi connectivity index (χ1) is 12.9. The maximum absolute atomic E-state index is 12.2. The molecule has 0 aliphatic carbocycles. The Bertz CT molecular complexity index is 817. The van der Waals surface area contributed by atoms with Crippen molar-refractivity contribution >= 4 is 17.8 Å². The van der Waals surface area contributed by atoms with Crippen molar-refractivity contribution in [2.45, 2.75) is 26.3 Å². The number of benzene rings is 2. The van der Waals surface area contributed by atoms with E-state index in [0.717, 1.165) is 16.7 Å². The number of nitrogens with one attached hydrogen (secondary N) is 1. The number of ether oxygens (including phenoxy) is 2. The van der Waals surface area contributed by atoms with Gasteiger partial charge in [-0.3, -0.25) is 4.79 Å². The molecule has 2 aromatic rings. The molecule has 6 nitrogen and oxygen atoms in total. The Morgan fingerprint density at radius 1 is 1.04 bits per heavy atom. The Hall–Kier alpha value is -3.15. The van der Waals surface area contributed by atoms with Gasteiger partial charge < -0.3 is 14.8 Å². The molecule has 1 N–H and O–H groups in total. The molecule has 0 bridgehead atoms. The summed E-state index contributed by atoms with van der Waals surface area (Å²) in [5.74, 6) is -1.72. The van der Waals surface area contributed by atoms with Gasteiger partial charge in [0.2, 0.25) is 0 Å². The lowest BCUT2D eigenvalue weighted by atomic mass is 10.1. The first-order valence-corrected chi connectivity index (χ1v) is 8.56. The van der Waals surface area contributed by atoms with Crippen molar-refractivity contribution in [1.29, 1.82) is 0 Å². The number of rotatable bonds is 7. The topological polar surface area (TPSA) is 81.7 Å². The minimum absolute atomic E-state index is 0.282. The SMILES string of the molecule is COC(=O)[C@H](Cc1ccccc1)NC(=O)COC(=O)c1ccc(C)cc1C. The van der Waals surface area contributed by atoms with Crippen molar-refractivity contribution in [2.75, 3.05) is 13.7 Å². The summed E-state index contributed by atoms with van der Waals surface area (Å²) in [7, 11) is 1.26. The summed E-state index contributed by atoms with van der Waals surface area (Å²) in [5.41, 5.74) is 3.09. The van der Waals surface area contributed by atoms with Crippen LogP contribution in [0.2, 0.25) is 0 Å². The van der Waals surface area contributed by atoms with Crippen LogP contribution in [0.3, 0.4) is 0 Å². The lowest BCUT2D eigenvalue weighted by molar-refractivity contribution is -0.145. The molecule has 1 amide bonds. The fraction of sp³-hybridized carbons (Fsp3) is 0.286. The van der Waals surface area contributed by atoms with Gasteiger partial charge in [-0.2, -0.15) is 0 Å². The third-order valence-electron chi connectivity index (χ3n) is 4.04. The van der Waals surface area contributed by atoms with Crippen molar-refractivity contribution in [3.63, 3.8) is 0 Å². The summed E-state index contributed by atoms with van der Waals surface area (Å²) >= 11 is 0. The van der Waals surface area contributed by atoms with Gasteiger partial charge in [0.1, 0.15) is 6.04 Å². The van der Waals surface area contributed by atoms with Gasteiger partial charge in [-0.15, -0.1) is 0 Å². The summed E-state index contributed by atoms with van der Waals surface area (Å²) in [5, 5.41) is 2.56. The van der Waals surface area contributed by atoms with E-state index in [1.165, 1.54) is 7.11 Å². The van der Waals surface area contributed by atoms with Gasteiger partial charge in [0.15, 0.2) is 6.61 Å². The van der Waals surface area contributed by atoms with Crippen LogP contribution in [0, 0.1) is 13.8 Å². The number of hydrogen-bond acceptors (Lipinski definition) is 5. The smallest absolute Gasteiger partial charge is 0.338 e. The number of methoxy groups -OCH3 is 1. The Morgan fingerprint density at radius 2 is 1.74 bits per heavy atom. The van der Waals surface area contributed by atoms with Crippen molar-refractivity contribution in [3.05, 3.63) is 70.8 Å². The van der Waals surface area contributed by atoms with Gasteiger partial charge >= 0.3 is 11.9 Å². The molecule has 0 saturated heterocycles. The summed E-state index contributed by atoms with van der Waals surface area (Å²) in [6.45, 7) is 3.25. The van der Waals surface area contributed by atoms with Gasteiger partial charge in [0.25, 0.3) is 5.91 Å². The molecule has 0 heterocycles. The van der Waals surface area contributed by atoms with E-state index >= 15 is 0 Å². The highest BCUT2D eigenvalue weighted by atomic mass is 16.5. The number of hydrogen-bond donors (Lipinski definition) is 1. The zero-order valence-electron chi connectivity index (χ0n) is 15.7. The maximum Gasteiger partial charge on any atom is 0.338 e. The fourth-order valence-corrected chi connectivity index (χ4v) is 2.67. The van der Waals surface area contributed by atoms with Crippen molar-refractivity contribution in [3.8, 4) is 0 Å². The monoisotopic (exact) mass is 369 g/mol. The normalized spacial score (nSPS) is 11.4. The highest BCUT2D eigenvalue weighted by Gasteiger charge is 2.22. The molecule has 0 radical (unpaired) electrons.